The monoisotopic (exact) mass is 280 g/mol. The Morgan fingerprint density at radius 2 is 2.20 bits per heavy atom. The Kier molecular flexibility index (Phi) is 4.95. The van der Waals surface area contributed by atoms with Crippen molar-refractivity contribution in [2.75, 3.05) is 17.7 Å². The fraction of sp³-hybridized carbons (Fsp3) is 0.533. The van der Waals surface area contributed by atoms with Crippen LogP contribution in [0.5, 0.6) is 0 Å². The standard InChI is InChI=1S/C15H21FN2O2/c1-10(19)17-12-6-7-14(16)15(9-12)18-11-4-3-5-13(8-11)20-2/h6-7,9,11,13,18H,3-5,8H2,1-2H3,(H,17,19). The van der Waals surface area contributed by atoms with E-state index in [9.17, 15) is 9.18 Å². The van der Waals surface area contributed by atoms with E-state index in [2.05, 4.69) is 10.6 Å². The van der Waals surface area contributed by atoms with Gasteiger partial charge in [-0.3, -0.25) is 4.79 Å². The molecule has 2 rings (SSSR count). The molecular weight excluding hydrogens is 259 g/mol. The number of nitrogens with one attached hydrogen (secondary N) is 2. The maximum Gasteiger partial charge on any atom is 0.221 e. The summed E-state index contributed by atoms with van der Waals surface area (Å²) in [5.74, 6) is -0.474. The van der Waals surface area contributed by atoms with Crippen molar-refractivity contribution >= 4 is 17.3 Å². The van der Waals surface area contributed by atoms with E-state index in [0.717, 1.165) is 25.7 Å². The van der Waals surface area contributed by atoms with E-state index in [-0.39, 0.29) is 23.9 Å². The van der Waals surface area contributed by atoms with Gasteiger partial charge in [0, 0.05) is 25.8 Å². The smallest absolute Gasteiger partial charge is 0.221 e. The van der Waals surface area contributed by atoms with E-state index >= 15 is 0 Å². The number of benzene rings is 1. The van der Waals surface area contributed by atoms with Crippen molar-refractivity contribution in [1.29, 1.82) is 0 Å². The van der Waals surface area contributed by atoms with Gasteiger partial charge in [-0.05, 0) is 43.9 Å². The Bertz CT molecular complexity index is 479. The van der Waals surface area contributed by atoms with Crippen LogP contribution in [0.2, 0.25) is 0 Å². The van der Waals surface area contributed by atoms with Gasteiger partial charge in [-0.1, -0.05) is 0 Å². The largest absolute Gasteiger partial charge is 0.381 e. The fourth-order valence-electron chi connectivity index (χ4n) is 2.63. The summed E-state index contributed by atoms with van der Waals surface area (Å²) in [6.07, 6.45) is 4.25. The molecule has 2 N–H and O–H groups in total. The Hall–Kier alpha value is -1.62. The fourth-order valence-corrected chi connectivity index (χ4v) is 2.63. The van der Waals surface area contributed by atoms with Crippen molar-refractivity contribution in [3.63, 3.8) is 0 Å². The van der Waals surface area contributed by atoms with Crippen LogP contribution in [-0.2, 0) is 9.53 Å². The quantitative estimate of drug-likeness (QED) is 0.890. The summed E-state index contributed by atoms with van der Waals surface area (Å²) >= 11 is 0. The van der Waals surface area contributed by atoms with Crippen molar-refractivity contribution in [2.24, 2.45) is 0 Å². The van der Waals surface area contributed by atoms with E-state index in [0.29, 0.717) is 11.4 Å². The van der Waals surface area contributed by atoms with Crippen molar-refractivity contribution in [3.05, 3.63) is 24.0 Å². The SMILES string of the molecule is COC1CCCC(Nc2cc(NC(C)=O)ccc2F)C1. The topological polar surface area (TPSA) is 50.4 Å². The second-order valence-corrected chi connectivity index (χ2v) is 5.24. The number of halogens is 1. The van der Waals surface area contributed by atoms with Crippen molar-refractivity contribution in [1.82, 2.24) is 0 Å². The van der Waals surface area contributed by atoms with Crippen LogP contribution >= 0.6 is 0 Å². The third-order valence-electron chi connectivity index (χ3n) is 3.61. The van der Waals surface area contributed by atoms with Gasteiger partial charge in [0.25, 0.3) is 0 Å². The summed E-state index contributed by atoms with van der Waals surface area (Å²) in [6.45, 7) is 1.43. The molecule has 2 atom stereocenters. The molecule has 2 unspecified atom stereocenters. The molecule has 1 aliphatic rings. The molecule has 0 radical (unpaired) electrons. The number of anilines is 2. The molecule has 20 heavy (non-hydrogen) atoms. The second kappa shape index (κ2) is 6.70. The third kappa shape index (κ3) is 3.93. The Morgan fingerprint density at radius 3 is 2.90 bits per heavy atom. The van der Waals surface area contributed by atoms with Gasteiger partial charge >= 0.3 is 0 Å². The van der Waals surface area contributed by atoms with Crippen LogP contribution in [-0.4, -0.2) is 25.2 Å². The van der Waals surface area contributed by atoms with Crippen LogP contribution in [0.4, 0.5) is 15.8 Å². The zero-order valence-electron chi connectivity index (χ0n) is 11.9. The van der Waals surface area contributed by atoms with Gasteiger partial charge in [-0.25, -0.2) is 4.39 Å². The van der Waals surface area contributed by atoms with E-state index in [4.69, 9.17) is 4.74 Å². The summed E-state index contributed by atoms with van der Waals surface area (Å²) < 4.78 is 19.2. The molecule has 110 valence electrons. The molecular formula is C15H21FN2O2. The van der Waals surface area contributed by atoms with Gasteiger partial charge in [0.05, 0.1) is 11.8 Å². The highest BCUT2D eigenvalue weighted by Crippen LogP contribution is 2.26. The molecule has 1 aliphatic carbocycles. The number of hydrogen-bond acceptors (Lipinski definition) is 3. The minimum atomic E-state index is -0.307. The highest BCUT2D eigenvalue weighted by molar-refractivity contribution is 5.89. The lowest BCUT2D eigenvalue weighted by molar-refractivity contribution is -0.114. The van der Waals surface area contributed by atoms with Crippen molar-refractivity contribution in [3.8, 4) is 0 Å². The molecule has 1 amide bonds. The predicted molar refractivity (Wildman–Crippen MR) is 77.4 cm³/mol. The number of ether oxygens (including phenoxy) is 1. The lowest BCUT2D eigenvalue weighted by Crippen LogP contribution is -2.31. The van der Waals surface area contributed by atoms with Crippen LogP contribution < -0.4 is 10.6 Å². The van der Waals surface area contributed by atoms with Gasteiger partial charge in [0.2, 0.25) is 5.91 Å². The average molecular weight is 280 g/mol. The number of methoxy groups -OCH3 is 1. The van der Waals surface area contributed by atoms with Crippen molar-refractivity contribution in [2.45, 2.75) is 44.8 Å². The van der Waals surface area contributed by atoms with Gasteiger partial charge < -0.3 is 15.4 Å². The maximum atomic E-state index is 13.8. The van der Waals surface area contributed by atoms with Gasteiger partial charge in [0.1, 0.15) is 5.82 Å². The number of carbonyl (C=O) groups is 1. The summed E-state index contributed by atoms with van der Waals surface area (Å²) in [6, 6.07) is 4.76. The molecule has 1 saturated carbocycles. The van der Waals surface area contributed by atoms with Crippen molar-refractivity contribution < 1.29 is 13.9 Å². The third-order valence-corrected chi connectivity index (χ3v) is 3.61. The highest BCUT2D eigenvalue weighted by Gasteiger charge is 2.22. The molecule has 0 spiro atoms. The van der Waals surface area contributed by atoms with Crippen LogP contribution in [0.25, 0.3) is 0 Å². The molecule has 1 aromatic carbocycles. The van der Waals surface area contributed by atoms with Crippen LogP contribution in [0, 0.1) is 5.82 Å². The van der Waals surface area contributed by atoms with Gasteiger partial charge in [-0.15, -0.1) is 0 Å². The van der Waals surface area contributed by atoms with Gasteiger partial charge in [-0.2, -0.15) is 0 Å². The first kappa shape index (κ1) is 14.8. The zero-order chi connectivity index (χ0) is 14.5. The molecule has 0 bridgehead atoms. The van der Waals surface area contributed by atoms with Gasteiger partial charge in [0.15, 0.2) is 0 Å². The molecule has 0 saturated heterocycles. The first-order chi connectivity index (χ1) is 9.58. The minimum Gasteiger partial charge on any atom is -0.381 e. The number of rotatable bonds is 4. The van der Waals surface area contributed by atoms with E-state index in [1.54, 1.807) is 19.2 Å². The minimum absolute atomic E-state index is 0.167. The molecule has 0 aliphatic heterocycles. The first-order valence-corrected chi connectivity index (χ1v) is 6.95. The Balaban J connectivity index is 2.05. The second-order valence-electron chi connectivity index (χ2n) is 5.24. The van der Waals surface area contributed by atoms with Crippen LogP contribution in [0.3, 0.4) is 0 Å². The molecule has 0 heterocycles. The number of amides is 1. The highest BCUT2D eigenvalue weighted by atomic mass is 19.1. The van der Waals surface area contributed by atoms with E-state index in [1.807, 2.05) is 0 Å². The molecule has 5 heteroatoms. The molecule has 1 aromatic rings. The lowest BCUT2D eigenvalue weighted by atomic mass is 9.92. The first-order valence-electron chi connectivity index (χ1n) is 6.95. The summed E-state index contributed by atoms with van der Waals surface area (Å²) in [5.41, 5.74) is 1.03. The summed E-state index contributed by atoms with van der Waals surface area (Å²) in [7, 11) is 1.71. The Labute approximate surface area is 118 Å². The molecule has 1 fully saturated rings. The van der Waals surface area contributed by atoms with Crippen LogP contribution in [0.1, 0.15) is 32.6 Å². The normalized spacial score (nSPS) is 22.4. The summed E-state index contributed by atoms with van der Waals surface area (Å²) in [4.78, 5) is 11.0. The van der Waals surface area contributed by atoms with E-state index in [1.165, 1.54) is 13.0 Å². The zero-order valence-corrected chi connectivity index (χ0v) is 11.9. The lowest BCUT2D eigenvalue weighted by Gasteiger charge is -2.29. The average Bonchev–Trinajstić information content (AvgIpc) is 2.42. The number of hydrogen-bond donors (Lipinski definition) is 2. The Morgan fingerprint density at radius 1 is 1.40 bits per heavy atom. The molecule has 4 nitrogen and oxygen atoms in total. The van der Waals surface area contributed by atoms with Crippen LogP contribution in [0.15, 0.2) is 18.2 Å². The molecule has 0 aromatic heterocycles. The van der Waals surface area contributed by atoms with E-state index < -0.39 is 0 Å². The summed E-state index contributed by atoms with van der Waals surface area (Å²) in [5, 5.41) is 5.88. The maximum absolute atomic E-state index is 13.8. The predicted octanol–water partition coefficient (Wildman–Crippen LogP) is 3.15. The number of carbonyl (C=O) groups excluding carboxylic acids is 1.